The molecule has 1 atom stereocenters. The monoisotopic (exact) mass is 161 g/mol. The molecule has 1 saturated heterocycles. The van der Waals surface area contributed by atoms with Crippen LogP contribution in [0.4, 0.5) is 4.79 Å². The Hall–Kier alpha value is -0.810. The van der Waals surface area contributed by atoms with Crippen LogP contribution in [0.15, 0.2) is 0 Å². The van der Waals surface area contributed by atoms with Gasteiger partial charge < -0.3 is 20.2 Å². The molecule has 0 spiro atoms. The van der Waals surface area contributed by atoms with Gasteiger partial charge in [0, 0.05) is 0 Å². The van der Waals surface area contributed by atoms with E-state index < -0.39 is 17.8 Å². The molecule has 11 heavy (non-hydrogen) atoms. The van der Waals surface area contributed by atoms with Crippen LogP contribution in [-0.4, -0.2) is 51.1 Å². The highest BCUT2D eigenvalue weighted by molar-refractivity contribution is 5.66. The van der Waals surface area contributed by atoms with Crippen molar-refractivity contribution in [3.63, 3.8) is 0 Å². The zero-order valence-electron chi connectivity index (χ0n) is 6.19. The number of likely N-dealkylation sites (tertiary alicyclic amines) is 1. The highest BCUT2D eigenvalue weighted by Crippen LogP contribution is 2.23. The van der Waals surface area contributed by atoms with E-state index in [0.717, 1.165) is 4.90 Å². The van der Waals surface area contributed by atoms with Crippen molar-refractivity contribution in [2.24, 2.45) is 0 Å². The maximum absolute atomic E-state index is 10.2. The summed E-state index contributed by atoms with van der Waals surface area (Å²) < 4.78 is 0. The maximum Gasteiger partial charge on any atom is 0.407 e. The first-order valence-electron chi connectivity index (χ1n) is 3.34. The number of aliphatic hydroxyl groups is 2. The van der Waals surface area contributed by atoms with E-state index in [1.165, 1.54) is 6.92 Å². The van der Waals surface area contributed by atoms with Gasteiger partial charge in [-0.05, 0) is 6.92 Å². The van der Waals surface area contributed by atoms with Gasteiger partial charge in [0.1, 0.15) is 5.60 Å². The zero-order chi connectivity index (χ0) is 8.65. The summed E-state index contributed by atoms with van der Waals surface area (Å²) >= 11 is 0. The Labute approximate surface area is 63.9 Å². The van der Waals surface area contributed by atoms with Crippen molar-refractivity contribution < 1.29 is 20.1 Å². The smallest absolute Gasteiger partial charge is 0.407 e. The summed E-state index contributed by atoms with van der Waals surface area (Å²) in [6, 6.07) is 0. The molecule has 1 fully saturated rings. The van der Waals surface area contributed by atoms with Crippen LogP contribution < -0.4 is 0 Å². The topological polar surface area (TPSA) is 81.0 Å². The molecule has 0 aromatic rings. The fraction of sp³-hybridized carbons (Fsp3) is 0.833. The predicted octanol–water partition coefficient (Wildman–Crippen LogP) is -0.908. The number of aliphatic hydroxyl groups excluding tert-OH is 1. The van der Waals surface area contributed by atoms with E-state index in [1.54, 1.807) is 0 Å². The van der Waals surface area contributed by atoms with Crippen LogP contribution in [0.1, 0.15) is 6.92 Å². The standard InChI is InChI=1S/C6H11NO4/c1-4(8)6(11)2-7(3-6)5(9)10/h4,8,11H,2-3H2,1H3,(H,9,10). The lowest BCUT2D eigenvalue weighted by molar-refractivity contribution is -0.147. The summed E-state index contributed by atoms with van der Waals surface area (Å²) in [7, 11) is 0. The average Bonchev–Trinajstić information content (AvgIpc) is 1.79. The second-order valence-corrected chi connectivity index (χ2v) is 2.92. The first-order chi connectivity index (χ1) is 4.96. The summed E-state index contributed by atoms with van der Waals surface area (Å²) in [6.45, 7) is 1.44. The molecule has 5 nitrogen and oxygen atoms in total. The fourth-order valence-corrected chi connectivity index (χ4v) is 1.01. The minimum Gasteiger partial charge on any atom is -0.465 e. The second-order valence-electron chi connectivity index (χ2n) is 2.92. The highest BCUT2D eigenvalue weighted by atomic mass is 16.4. The molecular formula is C6H11NO4. The van der Waals surface area contributed by atoms with Crippen LogP contribution in [-0.2, 0) is 0 Å². The summed E-state index contributed by atoms with van der Waals surface area (Å²) in [6.07, 6.45) is -1.94. The van der Waals surface area contributed by atoms with Crippen molar-refractivity contribution in [3.05, 3.63) is 0 Å². The van der Waals surface area contributed by atoms with Crippen LogP contribution in [0.5, 0.6) is 0 Å². The molecular weight excluding hydrogens is 150 g/mol. The largest absolute Gasteiger partial charge is 0.465 e. The van der Waals surface area contributed by atoms with Gasteiger partial charge in [0.05, 0.1) is 19.2 Å². The van der Waals surface area contributed by atoms with Gasteiger partial charge >= 0.3 is 6.09 Å². The van der Waals surface area contributed by atoms with Gasteiger partial charge in [0.25, 0.3) is 0 Å². The molecule has 1 amide bonds. The first-order valence-corrected chi connectivity index (χ1v) is 3.34. The lowest BCUT2D eigenvalue weighted by Gasteiger charge is -2.46. The number of rotatable bonds is 1. The summed E-state index contributed by atoms with van der Waals surface area (Å²) in [4.78, 5) is 11.3. The highest BCUT2D eigenvalue weighted by Gasteiger charge is 2.47. The molecule has 1 rings (SSSR count). The molecule has 1 aliphatic rings. The van der Waals surface area contributed by atoms with E-state index in [0.29, 0.717) is 0 Å². The number of hydrogen-bond acceptors (Lipinski definition) is 3. The molecule has 0 bridgehead atoms. The zero-order valence-corrected chi connectivity index (χ0v) is 6.19. The Bertz CT molecular complexity index is 173. The lowest BCUT2D eigenvalue weighted by Crippen LogP contribution is -2.67. The number of nitrogens with zero attached hydrogens (tertiary/aromatic N) is 1. The average molecular weight is 161 g/mol. The van der Waals surface area contributed by atoms with Crippen molar-refractivity contribution in [2.45, 2.75) is 18.6 Å². The van der Waals surface area contributed by atoms with E-state index in [-0.39, 0.29) is 13.1 Å². The molecule has 1 heterocycles. The second kappa shape index (κ2) is 2.35. The Kier molecular flexibility index (Phi) is 1.77. The van der Waals surface area contributed by atoms with Crippen molar-refractivity contribution in [1.29, 1.82) is 0 Å². The third-order valence-corrected chi connectivity index (χ3v) is 1.98. The van der Waals surface area contributed by atoms with E-state index >= 15 is 0 Å². The van der Waals surface area contributed by atoms with Crippen LogP contribution in [0.3, 0.4) is 0 Å². The first kappa shape index (κ1) is 8.29. The summed E-state index contributed by atoms with van der Waals surface area (Å²) in [5.41, 5.74) is -1.22. The predicted molar refractivity (Wildman–Crippen MR) is 36.2 cm³/mol. The van der Waals surface area contributed by atoms with Gasteiger partial charge in [-0.2, -0.15) is 0 Å². The number of carbonyl (C=O) groups is 1. The third-order valence-electron chi connectivity index (χ3n) is 1.98. The number of amides is 1. The molecule has 3 N–H and O–H groups in total. The van der Waals surface area contributed by atoms with Crippen molar-refractivity contribution in [2.75, 3.05) is 13.1 Å². The van der Waals surface area contributed by atoms with Crippen LogP contribution in [0.25, 0.3) is 0 Å². The van der Waals surface area contributed by atoms with Crippen molar-refractivity contribution in [1.82, 2.24) is 4.90 Å². The molecule has 0 aromatic heterocycles. The molecule has 0 saturated carbocycles. The fourth-order valence-electron chi connectivity index (χ4n) is 1.01. The minimum absolute atomic E-state index is 0. The Morgan fingerprint density at radius 2 is 2.09 bits per heavy atom. The lowest BCUT2D eigenvalue weighted by atomic mass is 9.89. The van der Waals surface area contributed by atoms with Gasteiger partial charge in [-0.25, -0.2) is 4.79 Å². The molecule has 0 radical (unpaired) electrons. The van der Waals surface area contributed by atoms with Crippen LogP contribution >= 0.6 is 0 Å². The Balaban J connectivity index is 2.44. The van der Waals surface area contributed by atoms with E-state index in [1.807, 2.05) is 0 Å². The molecule has 5 heteroatoms. The van der Waals surface area contributed by atoms with E-state index in [9.17, 15) is 9.90 Å². The van der Waals surface area contributed by atoms with E-state index in [2.05, 4.69) is 0 Å². The molecule has 64 valence electrons. The van der Waals surface area contributed by atoms with E-state index in [4.69, 9.17) is 10.2 Å². The van der Waals surface area contributed by atoms with Crippen molar-refractivity contribution >= 4 is 6.09 Å². The van der Waals surface area contributed by atoms with Crippen LogP contribution in [0, 0.1) is 0 Å². The molecule has 1 aliphatic heterocycles. The van der Waals surface area contributed by atoms with Gasteiger partial charge in [-0.3, -0.25) is 0 Å². The molecule has 1 unspecified atom stereocenters. The number of hydrogen-bond donors (Lipinski definition) is 3. The Morgan fingerprint density at radius 1 is 1.64 bits per heavy atom. The number of β-amino-alcohol motifs (C(OH)–C–C–N with tert-alkyl or cyclic N) is 1. The van der Waals surface area contributed by atoms with Gasteiger partial charge in [-0.15, -0.1) is 0 Å². The third kappa shape index (κ3) is 1.29. The van der Waals surface area contributed by atoms with Crippen LogP contribution in [0.2, 0.25) is 0 Å². The van der Waals surface area contributed by atoms with Gasteiger partial charge in [0.15, 0.2) is 0 Å². The minimum atomic E-state index is -1.22. The molecule has 0 aliphatic carbocycles. The number of carboxylic acid groups (broad SMARTS) is 1. The van der Waals surface area contributed by atoms with Crippen molar-refractivity contribution in [3.8, 4) is 0 Å². The van der Waals surface area contributed by atoms with Gasteiger partial charge in [0.2, 0.25) is 0 Å². The maximum atomic E-state index is 10.2. The molecule has 0 aromatic carbocycles. The van der Waals surface area contributed by atoms with Gasteiger partial charge in [-0.1, -0.05) is 0 Å². The SMILES string of the molecule is CC(O)C1(O)CN(C(=O)O)C1. The Morgan fingerprint density at radius 3 is 2.36 bits per heavy atom. The normalized spacial score (nSPS) is 24.1. The summed E-state index contributed by atoms with van der Waals surface area (Å²) in [5.74, 6) is 0. The quantitative estimate of drug-likeness (QED) is 0.465. The summed E-state index contributed by atoms with van der Waals surface area (Å²) in [5, 5.41) is 26.7.